The lowest BCUT2D eigenvalue weighted by Gasteiger charge is -2.26. The van der Waals surface area contributed by atoms with Crippen LogP contribution in [0.3, 0.4) is 0 Å². The van der Waals surface area contributed by atoms with Crippen LogP contribution in [0.5, 0.6) is 5.75 Å². The lowest BCUT2D eigenvalue weighted by molar-refractivity contribution is 0.147. The minimum Gasteiger partial charge on any atom is -0.410 e. The molecule has 0 N–H and O–H groups in total. The van der Waals surface area contributed by atoms with Crippen molar-refractivity contribution in [3.8, 4) is 17.0 Å². The summed E-state index contributed by atoms with van der Waals surface area (Å²) in [6.45, 7) is 1.34. The Bertz CT molecular complexity index is 1300. The van der Waals surface area contributed by atoms with Crippen LogP contribution in [-0.4, -0.2) is 27.1 Å². The molecule has 5 rings (SSSR count). The minimum atomic E-state index is -0.366. The molecule has 1 saturated heterocycles. The van der Waals surface area contributed by atoms with E-state index >= 15 is 0 Å². The quantitative estimate of drug-likeness (QED) is 0.295. The molecule has 35 heavy (non-hydrogen) atoms. The molecule has 1 aromatic heterocycles. The number of rotatable bonds is 6. The van der Waals surface area contributed by atoms with Crippen molar-refractivity contribution in [1.82, 2.24) is 14.5 Å². The number of carbonyl (C=O) groups is 1. The first-order valence-electron chi connectivity index (χ1n) is 11.7. The molecule has 0 saturated carbocycles. The van der Waals surface area contributed by atoms with E-state index in [0.29, 0.717) is 23.9 Å². The molecule has 178 valence electrons. The fraction of sp³-hybridized carbons (Fsp3) is 0.214. The molecule has 1 fully saturated rings. The summed E-state index contributed by atoms with van der Waals surface area (Å²) in [5.41, 5.74) is 4.16. The first-order chi connectivity index (χ1) is 17.1. The third-order valence-electron chi connectivity index (χ3n) is 6.37. The van der Waals surface area contributed by atoms with E-state index in [9.17, 15) is 9.18 Å². The maximum absolute atomic E-state index is 13.2. The van der Waals surface area contributed by atoms with E-state index in [-0.39, 0.29) is 18.0 Å². The Morgan fingerprint density at radius 3 is 2.63 bits per heavy atom. The molecule has 1 atom stereocenters. The molecule has 1 unspecified atom stereocenters. The van der Waals surface area contributed by atoms with Crippen molar-refractivity contribution >= 4 is 17.7 Å². The molecule has 1 aliphatic rings. The van der Waals surface area contributed by atoms with Crippen LogP contribution in [0.2, 0.25) is 5.02 Å². The van der Waals surface area contributed by atoms with Gasteiger partial charge in [-0.15, -0.1) is 0 Å². The second-order valence-corrected chi connectivity index (χ2v) is 9.05. The Balaban J connectivity index is 1.37. The van der Waals surface area contributed by atoms with Crippen molar-refractivity contribution in [3.63, 3.8) is 0 Å². The Labute approximate surface area is 208 Å². The van der Waals surface area contributed by atoms with E-state index in [1.165, 1.54) is 12.1 Å². The molecular weight excluding hydrogens is 465 g/mol. The number of amides is 1. The number of hydrogen-bond donors (Lipinski definition) is 0. The van der Waals surface area contributed by atoms with Crippen molar-refractivity contribution < 1.29 is 13.9 Å². The summed E-state index contributed by atoms with van der Waals surface area (Å²) in [6.07, 6.45) is 5.82. The highest BCUT2D eigenvalue weighted by Crippen LogP contribution is 2.38. The molecule has 7 heteroatoms. The molecule has 0 aliphatic carbocycles. The highest BCUT2D eigenvalue weighted by Gasteiger charge is 2.33. The van der Waals surface area contributed by atoms with E-state index in [1.54, 1.807) is 29.2 Å². The first-order valence-corrected chi connectivity index (χ1v) is 12.0. The zero-order valence-electron chi connectivity index (χ0n) is 19.1. The maximum Gasteiger partial charge on any atom is 0.415 e. The number of benzene rings is 3. The molecule has 1 aliphatic heterocycles. The van der Waals surface area contributed by atoms with Crippen LogP contribution in [0.1, 0.15) is 30.0 Å². The van der Waals surface area contributed by atoms with E-state index in [1.807, 2.05) is 36.8 Å². The zero-order chi connectivity index (χ0) is 24.2. The van der Waals surface area contributed by atoms with Gasteiger partial charge in [0.05, 0.1) is 24.3 Å². The standard InChI is InChI=1S/C28H25ClFN3O2/c29-21-9-13-23(14-10-21)35-28(34)33-16-3-6-26(33)24-4-1-2-5-25(24)27-18-31-19-32(27)17-15-20-7-11-22(30)12-8-20/h1-2,4-5,7-14,18-19,26H,3,6,15-17H2. The number of likely N-dealkylation sites (tertiary alicyclic amines) is 1. The topological polar surface area (TPSA) is 47.4 Å². The molecule has 0 bridgehead atoms. The summed E-state index contributed by atoms with van der Waals surface area (Å²) >= 11 is 5.95. The molecular formula is C28H25ClFN3O2. The third-order valence-corrected chi connectivity index (χ3v) is 6.62. The Morgan fingerprint density at radius 1 is 1.06 bits per heavy atom. The number of carbonyl (C=O) groups excluding carboxylic acids is 1. The van der Waals surface area contributed by atoms with Crippen LogP contribution >= 0.6 is 11.6 Å². The summed E-state index contributed by atoms with van der Waals surface area (Å²) in [6, 6.07) is 21.4. The number of nitrogens with zero attached hydrogens (tertiary/aromatic N) is 3. The summed E-state index contributed by atoms with van der Waals surface area (Å²) in [7, 11) is 0. The summed E-state index contributed by atoms with van der Waals surface area (Å²) < 4.78 is 21.0. The van der Waals surface area contributed by atoms with E-state index in [4.69, 9.17) is 16.3 Å². The molecule has 2 heterocycles. The van der Waals surface area contributed by atoms with Crippen molar-refractivity contribution in [2.75, 3.05) is 6.54 Å². The van der Waals surface area contributed by atoms with Crippen molar-refractivity contribution in [2.45, 2.75) is 31.8 Å². The van der Waals surface area contributed by atoms with Gasteiger partial charge in [0.2, 0.25) is 0 Å². The van der Waals surface area contributed by atoms with Gasteiger partial charge in [0, 0.05) is 23.7 Å². The van der Waals surface area contributed by atoms with Gasteiger partial charge in [0.1, 0.15) is 11.6 Å². The average Bonchev–Trinajstić information content (AvgIpc) is 3.55. The second-order valence-electron chi connectivity index (χ2n) is 8.61. The lowest BCUT2D eigenvalue weighted by atomic mass is 9.96. The number of hydrogen-bond acceptors (Lipinski definition) is 3. The number of ether oxygens (including phenoxy) is 1. The highest BCUT2D eigenvalue weighted by atomic mass is 35.5. The fourth-order valence-electron chi connectivity index (χ4n) is 4.62. The zero-order valence-corrected chi connectivity index (χ0v) is 19.9. The SMILES string of the molecule is O=C(Oc1ccc(Cl)cc1)N1CCCC1c1ccccc1-c1cncn1CCc1ccc(F)cc1. The minimum absolute atomic E-state index is 0.0913. The third kappa shape index (κ3) is 5.23. The van der Waals surface area contributed by atoms with Crippen LogP contribution in [0.4, 0.5) is 9.18 Å². The highest BCUT2D eigenvalue weighted by molar-refractivity contribution is 6.30. The fourth-order valence-corrected chi connectivity index (χ4v) is 4.74. The van der Waals surface area contributed by atoms with Crippen molar-refractivity contribution in [2.24, 2.45) is 0 Å². The van der Waals surface area contributed by atoms with E-state index in [2.05, 4.69) is 21.7 Å². The number of aryl methyl sites for hydroxylation is 2. The van der Waals surface area contributed by atoms with Gasteiger partial charge in [0.25, 0.3) is 0 Å². The van der Waals surface area contributed by atoms with Gasteiger partial charge in [-0.25, -0.2) is 14.2 Å². The van der Waals surface area contributed by atoms with Crippen molar-refractivity contribution in [3.05, 3.63) is 107 Å². The van der Waals surface area contributed by atoms with Gasteiger partial charge in [-0.2, -0.15) is 0 Å². The predicted octanol–water partition coefficient (Wildman–Crippen LogP) is 6.92. The van der Waals surface area contributed by atoms with Crippen LogP contribution in [0.25, 0.3) is 11.3 Å². The summed E-state index contributed by atoms with van der Waals surface area (Å²) in [4.78, 5) is 19.3. The number of aromatic nitrogens is 2. The second kappa shape index (κ2) is 10.3. The molecule has 3 aromatic carbocycles. The van der Waals surface area contributed by atoms with Gasteiger partial charge in [-0.05, 0) is 66.8 Å². The van der Waals surface area contributed by atoms with E-state index < -0.39 is 0 Å². The summed E-state index contributed by atoms with van der Waals surface area (Å²) in [5, 5.41) is 0.591. The molecule has 0 radical (unpaired) electrons. The van der Waals surface area contributed by atoms with Crippen molar-refractivity contribution in [1.29, 1.82) is 0 Å². The van der Waals surface area contributed by atoms with Gasteiger partial charge < -0.3 is 14.2 Å². The molecule has 5 nitrogen and oxygen atoms in total. The average molecular weight is 490 g/mol. The van der Waals surface area contributed by atoms with Gasteiger partial charge in [-0.3, -0.25) is 0 Å². The molecule has 4 aromatic rings. The van der Waals surface area contributed by atoms with Crippen LogP contribution < -0.4 is 4.74 Å². The summed E-state index contributed by atoms with van der Waals surface area (Å²) in [5.74, 6) is 0.235. The monoisotopic (exact) mass is 489 g/mol. The van der Waals surface area contributed by atoms with Gasteiger partial charge in [-0.1, -0.05) is 48.0 Å². The number of imidazole rings is 1. The Hall–Kier alpha value is -3.64. The smallest absolute Gasteiger partial charge is 0.410 e. The van der Waals surface area contributed by atoms with Crippen LogP contribution in [-0.2, 0) is 13.0 Å². The maximum atomic E-state index is 13.2. The lowest BCUT2D eigenvalue weighted by Crippen LogP contribution is -2.33. The predicted molar refractivity (Wildman–Crippen MR) is 134 cm³/mol. The Kier molecular flexibility index (Phi) is 6.82. The molecule has 0 spiro atoms. The largest absolute Gasteiger partial charge is 0.415 e. The van der Waals surface area contributed by atoms with Crippen LogP contribution in [0.15, 0.2) is 85.3 Å². The van der Waals surface area contributed by atoms with E-state index in [0.717, 1.165) is 41.6 Å². The normalized spacial score (nSPS) is 15.4. The van der Waals surface area contributed by atoms with Crippen LogP contribution in [0, 0.1) is 5.82 Å². The van der Waals surface area contributed by atoms with Gasteiger partial charge in [0.15, 0.2) is 0 Å². The number of halogens is 2. The van der Waals surface area contributed by atoms with Gasteiger partial charge >= 0.3 is 6.09 Å². The Morgan fingerprint density at radius 2 is 1.83 bits per heavy atom. The molecule has 1 amide bonds. The first kappa shape index (κ1) is 23.1.